The lowest BCUT2D eigenvalue weighted by atomic mass is 9.91. The third kappa shape index (κ3) is 5.39. The summed E-state index contributed by atoms with van der Waals surface area (Å²) < 4.78 is 15.9. The maximum absolute atomic E-state index is 12.5. The van der Waals surface area contributed by atoms with Gasteiger partial charge >= 0.3 is 0 Å². The lowest BCUT2D eigenvalue weighted by molar-refractivity contribution is -0.306. The van der Waals surface area contributed by atoms with Gasteiger partial charge in [-0.2, -0.15) is 0 Å². The van der Waals surface area contributed by atoms with E-state index in [0.717, 1.165) is 5.56 Å². The first-order chi connectivity index (χ1) is 13.4. The minimum absolute atomic E-state index is 0.0412. The van der Waals surface area contributed by atoms with E-state index >= 15 is 0 Å². The first kappa shape index (κ1) is 21.1. The molecule has 0 unspecified atom stereocenters. The van der Waals surface area contributed by atoms with Gasteiger partial charge in [0.1, 0.15) is 0 Å². The van der Waals surface area contributed by atoms with E-state index in [9.17, 15) is 14.7 Å². The lowest BCUT2D eigenvalue weighted by Gasteiger charge is -2.21. The maximum Gasteiger partial charge on any atom is 0.224 e. The fourth-order valence-corrected chi connectivity index (χ4v) is 2.92. The minimum atomic E-state index is -1.25. The molecule has 150 valence electrons. The molecule has 0 aliphatic heterocycles. The average Bonchev–Trinajstić information content (AvgIpc) is 2.67. The van der Waals surface area contributed by atoms with Crippen molar-refractivity contribution in [3.05, 3.63) is 47.5 Å². The molecular weight excluding hydrogens is 362 g/mol. The second kappa shape index (κ2) is 9.64. The van der Waals surface area contributed by atoms with E-state index in [0.29, 0.717) is 28.5 Å². The molecule has 2 aromatic carbocycles. The maximum atomic E-state index is 12.5. The number of rotatable bonds is 9. The number of carboxylic acid groups (broad SMARTS) is 1. The number of hydrogen-bond donors (Lipinski definition) is 1. The van der Waals surface area contributed by atoms with Crippen LogP contribution in [0.1, 0.15) is 29.9 Å². The first-order valence-electron chi connectivity index (χ1n) is 8.74. The van der Waals surface area contributed by atoms with Gasteiger partial charge in [-0.1, -0.05) is 17.7 Å². The van der Waals surface area contributed by atoms with Gasteiger partial charge in [0.25, 0.3) is 0 Å². The molecule has 2 rings (SSSR count). The largest absolute Gasteiger partial charge is 0.550 e. The molecule has 0 saturated carbocycles. The number of carbonyl (C=O) groups is 2. The van der Waals surface area contributed by atoms with Crippen molar-refractivity contribution in [1.29, 1.82) is 0 Å². The highest BCUT2D eigenvalue weighted by Gasteiger charge is 2.21. The Labute approximate surface area is 164 Å². The monoisotopic (exact) mass is 386 g/mol. The molecule has 0 aliphatic rings. The number of nitrogens with one attached hydrogen (secondary N) is 1. The van der Waals surface area contributed by atoms with E-state index in [2.05, 4.69) is 5.32 Å². The SMILES string of the molecule is COc1cc([C@@H](CC(=O)[O-])CC(=O)Nc2ccc(C)cc2)cc(OC)c1OC. The van der Waals surface area contributed by atoms with Crippen LogP contribution in [0.4, 0.5) is 5.69 Å². The first-order valence-corrected chi connectivity index (χ1v) is 8.74. The van der Waals surface area contributed by atoms with Gasteiger partial charge in [-0.3, -0.25) is 4.79 Å². The molecule has 28 heavy (non-hydrogen) atoms. The van der Waals surface area contributed by atoms with Crippen molar-refractivity contribution in [3.8, 4) is 17.2 Å². The van der Waals surface area contributed by atoms with Gasteiger partial charge in [0.15, 0.2) is 11.5 Å². The van der Waals surface area contributed by atoms with Crippen LogP contribution in [-0.2, 0) is 9.59 Å². The van der Waals surface area contributed by atoms with Crippen molar-refractivity contribution in [2.24, 2.45) is 0 Å². The normalized spacial score (nSPS) is 11.4. The number of carbonyl (C=O) groups excluding carboxylic acids is 2. The standard InChI is InChI=1S/C21H25NO6/c1-13-5-7-16(8-6-13)22-19(23)11-15(12-20(24)25)14-9-17(26-2)21(28-4)18(10-14)27-3/h5-10,15H,11-12H2,1-4H3,(H,22,23)(H,24,25)/p-1/t15-/m1/s1. The number of hydrogen-bond acceptors (Lipinski definition) is 6. The number of methoxy groups -OCH3 is 3. The molecular formula is C21H24NO6-. The third-order valence-corrected chi connectivity index (χ3v) is 4.34. The van der Waals surface area contributed by atoms with Crippen LogP contribution < -0.4 is 24.6 Å². The summed E-state index contributed by atoms with van der Waals surface area (Å²) in [5.74, 6) is -1.00. The minimum Gasteiger partial charge on any atom is -0.550 e. The van der Waals surface area contributed by atoms with Crippen LogP contribution in [0.3, 0.4) is 0 Å². The summed E-state index contributed by atoms with van der Waals surface area (Å²) in [6.45, 7) is 1.95. The van der Waals surface area contributed by atoms with Crippen LogP contribution >= 0.6 is 0 Å². The van der Waals surface area contributed by atoms with Crippen molar-refractivity contribution in [2.75, 3.05) is 26.6 Å². The van der Waals surface area contributed by atoms with Gasteiger partial charge in [0, 0.05) is 18.1 Å². The molecule has 0 spiro atoms. The van der Waals surface area contributed by atoms with Crippen LogP contribution in [0, 0.1) is 6.92 Å². The van der Waals surface area contributed by atoms with Gasteiger partial charge in [-0.15, -0.1) is 0 Å². The Kier molecular flexibility index (Phi) is 7.26. The zero-order chi connectivity index (χ0) is 20.7. The Morgan fingerprint density at radius 1 is 0.964 bits per heavy atom. The molecule has 1 N–H and O–H groups in total. The Morgan fingerprint density at radius 3 is 2.00 bits per heavy atom. The van der Waals surface area contributed by atoms with Crippen LogP contribution in [-0.4, -0.2) is 33.2 Å². The third-order valence-electron chi connectivity index (χ3n) is 4.34. The number of benzene rings is 2. The molecule has 0 radical (unpaired) electrons. The molecule has 0 heterocycles. The molecule has 0 bridgehead atoms. The summed E-state index contributed by atoms with van der Waals surface area (Å²) in [5, 5.41) is 14.0. The molecule has 2 aromatic rings. The number of aryl methyl sites for hydroxylation is 1. The fraction of sp³-hybridized carbons (Fsp3) is 0.333. The van der Waals surface area contributed by atoms with Gasteiger partial charge < -0.3 is 29.4 Å². The highest BCUT2D eigenvalue weighted by atomic mass is 16.5. The summed E-state index contributed by atoms with van der Waals surface area (Å²) in [7, 11) is 4.42. The van der Waals surface area contributed by atoms with Crippen molar-refractivity contribution in [2.45, 2.75) is 25.7 Å². The summed E-state index contributed by atoms with van der Waals surface area (Å²) in [6.07, 6.45) is -0.361. The van der Waals surface area contributed by atoms with Crippen molar-refractivity contribution < 1.29 is 28.9 Å². The van der Waals surface area contributed by atoms with E-state index in [-0.39, 0.29) is 18.7 Å². The second-order valence-corrected chi connectivity index (χ2v) is 6.35. The van der Waals surface area contributed by atoms with E-state index < -0.39 is 11.9 Å². The highest BCUT2D eigenvalue weighted by Crippen LogP contribution is 2.41. The summed E-state index contributed by atoms with van der Waals surface area (Å²) >= 11 is 0. The molecule has 7 heteroatoms. The molecule has 0 saturated heterocycles. The lowest BCUT2D eigenvalue weighted by Crippen LogP contribution is -2.26. The Hall–Kier alpha value is -3.22. The fourth-order valence-electron chi connectivity index (χ4n) is 2.92. The molecule has 0 aliphatic carbocycles. The van der Waals surface area contributed by atoms with E-state index in [1.165, 1.54) is 21.3 Å². The molecule has 1 atom stereocenters. The van der Waals surface area contributed by atoms with Gasteiger partial charge in [-0.05, 0) is 49.1 Å². The Morgan fingerprint density at radius 2 is 1.54 bits per heavy atom. The van der Waals surface area contributed by atoms with Crippen LogP contribution in [0.5, 0.6) is 17.2 Å². The van der Waals surface area contributed by atoms with Crippen molar-refractivity contribution >= 4 is 17.6 Å². The van der Waals surface area contributed by atoms with Crippen LogP contribution in [0.15, 0.2) is 36.4 Å². The van der Waals surface area contributed by atoms with Crippen LogP contribution in [0.2, 0.25) is 0 Å². The van der Waals surface area contributed by atoms with Crippen molar-refractivity contribution in [1.82, 2.24) is 0 Å². The number of aliphatic carboxylic acids is 1. The smallest absolute Gasteiger partial charge is 0.224 e. The average molecular weight is 386 g/mol. The molecule has 7 nitrogen and oxygen atoms in total. The predicted molar refractivity (Wildman–Crippen MR) is 103 cm³/mol. The number of ether oxygens (including phenoxy) is 3. The Balaban J connectivity index is 2.28. The van der Waals surface area contributed by atoms with E-state index in [1.54, 1.807) is 24.3 Å². The molecule has 1 amide bonds. The topological polar surface area (TPSA) is 96.9 Å². The van der Waals surface area contributed by atoms with Crippen LogP contribution in [0.25, 0.3) is 0 Å². The summed E-state index contributed by atoms with van der Waals surface area (Å²) in [4.78, 5) is 23.7. The molecule has 0 aromatic heterocycles. The highest BCUT2D eigenvalue weighted by molar-refractivity contribution is 5.91. The number of anilines is 1. The zero-order valence-corrected chi connectivity index (χ0v) is 16.4. The quantitative estimate of drug-likeness (QED) is 0.710. The van der Waals surface area contributed by atoms with E-state index in [4.69, 9.17) is 14.2 Å². The Bertz CT molecular complexity index is 806. The van der Waals surface area contributed by atoms with Gasteiger partial charge in [0.05, 0.1) is 21.3 Å². The number of carboxylic acids is 1. The second-order valence-electron chi connectivity index (χ2n) is 6.35. The predicted octanol–water partition coefficient (Wildman–Crippen LogP) is 2.27. The number of amides is 1. The van der Waals surface area contributed by atoms with Gasteiger partial charge in [-0.25, -0.2) is 0 Å². The molecule has 0 fully saturated rings. The summed E-state index contributed by atoms with van der Waals surface area (Å²) in [6, 6.07) is 10.6. The van der Waals surface area contributed by atoms with E-state index in [1.807, 2.05) is 19.1 Å². The van der Waals surface area contributed by atoms with Gasteiger partial charge in [0.2, 0.25) is 11.7 Å². The summed E-state index contributed by atoms with van der Waals surface area (Å²) in [5.41, 5.74) is 2.30. The zero-order valence-electron chi connectivity index (χ0n) is 16.4. The van der Waals surface area contributed by atoms with Crippen molar-refractivity contribution in [3.63, 3.8) is 0 Å².